The summed E-state index contributed by atoms with van der Waals surface area (Å²) >= 11 is 8.28. The number of nitrogens with zero attached hydrogens (tertiary/aromatic N) is 2. The zero-order valence-electron chi connectivity index (χ0n) is 9.41. The predicted molar refractivity (Wildman–Crippen MR) is 83.7 cm³/mol. The van der Waals surface area contributed by atoms with E-state index >= 15 is 0 Å². The number of halogens is 2. The molecule has 2 aromatic heterocycles. The molecule has 0 aromatic carbocycles. The van der Waals surface area contributed by atoms with E-state index in [1.54, 1.807) is 6.07 Å². The van der Waals surface area contributed by atoms with Crippen molar-refractivity contribution in [3.05, 3.63) is 42.4 Å². The molecule has 0 aliphatic rings. The van der Waals surface area contributed by atoms with Gasteiger partial charge in [-0.3, -0.25) is 14.8 Å². The molecule has 0 bridgehead atoms. The summed E-state index contributed by atoms with van der Waals surface area (Å²) < 4.78 is 26.7. The molecule has 0 aliphatic heterocycles. The van der Waals surface area contributed by atoms with Crippen LogP contribution < -0.4 is 4.72 Å². The third-order valence-corrected chi connectivity index (χ3v) is 5.88. The van der Waals surface area contributed by atoms with E-state index in [9.17, 15) is 18.5 Å². The lowest BCUT2D eigenvalue weighted by Gasteiger charge is -2.04. The summed E-state index contributed by atoms with van der Waals surface area (Å²) in [5.74, 6) is 0.123. The van der Waals surface area contributed by atoms with Crippen LogP contribution in [0.4, 0.5) is 11.5 Å². The van der Waals surface area contributed by atoms with E-state index in [-0.39, 0.29) is 14.4 Å². The van der Waals surface area contributed by atoms with Crippen LogP contribution in [0.15, 0.2) is 28.6 Å². The fourth-order valence-electron chi connectivity index (χ4n) is 1.22. The van der Waals surface area contributed by atoms with Gasteiger partial charge in [0.1, 0.15) is 10.0 Å². The standard InChI is InChI=1S/C9H5ClIN3O4S2/c10-9-6(14(15)16)3-8(19-9)20(17,18)13-7-2-1-5(11)4-12-7/h1-4H,(H,12,13). The maximum Gasteiger partial charge on any atom is 0.300 e. The molecule has 20 heavy (non-hydrogen) atoms. The van der Waals surface area contributed by atoms with Crippen molar-refractivity contribution in [1.29, 1.82) is 0 Å². The first-order valence-electron chi connectivity index (χ1n) is 4.88. The van der Waals surface area contributed by atoms with Crippen LogP contribution in [0, 0.1) is 13.7 Å². The van der Waals surface area contributed by atoms with Crippen molar-refractivity contribution in [3.63, 3.8) is 0 Å². The number of anilines is 1. The lowest BCUT2D eigenvalue weighted by Crippen LogP contribution is -2.12. The molecule has 2 rings (SSSR count). The van der Waals surface area contributed by atoms with Gasteiger partial charge in [-0.2, -0.15) is 0 Å². The second-order valence-corrected chi connectivity index (χ2v) is 8.26. The molecule has 0 spiro atoms. The van der Waals surface area contributed by atoms with Crippen LogP contribution in [0.25, 0.3) is 0 Å². The van der Waals surface area contributed by atoms with Gasteiger partial charge in [0.25, 0.3) is 15.7 Å². The highest BCUT2D eigenvalue weighted by atomic mass is 127. The number of hydrogen-bond acceptors (Lipinski definition) is 6. The summed E-state index contributed by atoms with van der Waals surface area (Å²) in [6, 6.07) is 4.08. The molecule has 0 unspecified atom stereocenters. The Morgan fingerprint density at radius 2 is 2.15 bits per heavy atom. The highest BCUT2D eigenvalue weighted by molar-refractivity contribution is 14.1. The molecular weight excluding hydrogens is 441 g/mol. The molecule has 0 radical (unpaired) electrons. The topological polar surface area (TPSA) is 102 Å². The Morgan fingerprint density at radius 1 is 1.45 bits per heavy atom. The van der Waals surface area contributed by atoms with Crippen molar-refractivity contribution >= 4 is 67.1 Å². The lowest BCUT2D eigenvalue weighted by atomic mass is 10.5. The molecule has 7 nitrogen and oxygen atoms in total. The van der Waals surface area contributed by atoms with Gasteiger partial charge in [-0.15, -0.1) is 11.3 Å². The van der Waals surface area contributed by atoms with Crippen molar-refractivity contribution in [2.45, 2.75) is 4.21 Å². The molecule has 106 valence electrons. The molecule has 2 heterocycles. The second-order valence-electron chi connectivity index (χ2n) is 3.45. The first-order valence-corrected chi connectivity index (χ1v) is 8.63. The van der Waals surface area contributed by atoms with Crippen LogP contribution in [0.1, 0.15) is 0 Å². The summed E-state index contributed by atoms with van der Waals surface area (Å²) in [6.45, 7) is 0. The van der Waals surface area contributed by atoms with Gasteiger partial charge in [-0.05, 0) is 34.7 Å². The summed E-state index contributed by atoms with van der Waals surface area (Å²) in [6.07, 6.45) is 1.49. The Bertz CT molecular complexity index is 760. The Hall–Kier alpha value is -0.980. The lowest BCUT2D eigenvalue weighted by molar-refractivity contribution is -0.384. The number of hydrogen-bond donors (Lipinski definition) is 1. The summed E-state index contributed by atoms with van der Waals surface area (Å²) in [4.78, 5) is 13.8. The quantitative estimate of drug-likeness (QED) is 0.442. The van der Waals surface area contributed by atoms with E-state index in [0.29, 0.717) is 11.3 Å². The van der Waals surface area contributed by atoms with Crippen LogP contribution in [-0.2, 0) is 10.0 Å². The van der Waals surface area contributed by atoms with Crippen LogP contribution in [-0.4, -0.2) is 18.3 Å². The normalized spacial score (nSPS) is 11.3. The Balaban J connectivity index is 2.33. The third-order valence-electron chi connectivity index (χ3n) is 2.07. The number of pyridine rings is 1. The molecule has 0 saturated carbocycles. The van der Waals surface area contributed by atoms with Gasteiger partial charge in [0, 0.05) is 15.8 Å². The zero-order valence-corrected chi connectivity index (χ0v) is 14.0. The SMILES string of the molecule is O=[N+]([O-])c1cc(S(=O)(=O)Nc2ccc(I)cn2)sc1Cl. The van der Waals surface area contributed by atoms with Crippen LogP contribution in [0.5, 0.6) is 0 Å². The van der Waals surface area contributed by atoms with Crippen molar-refractivity contribution in [1.82, 2.24) is 4.98 Å². The summed E-state index contributed by atoms with van der Waals surface area (Å²) in [7, 11) is -3.95. The molecule has 0 atom stereocenters. The van der Waals surface area contributed by atoms with Crippen LogP contribution in [0.2, 0.25) is 4.34 Å². The Labute approximate surface area is 136 Å². The highest BCUT2D eigenvalue weighted by Gasteiger charge is 2.25. The molecule has 0 fully saturated rings. The average molecular weight is 446 g/mol. The third kappa shape index (κ3) is 3.37. The number of nitro groups is 1. The summed E-state index contributed by atoms with van der Waals surface area (Å²) in [5.41, 5.74) is -0.437. The first kappa shape index (κ1) is 15.4. The van der Waals surface area contributed by atoms with Gasteiger partial charge >= 0.3 is 0 Å². The van der Waals surface area contributed by atoms with Crippen molar-refractivity contribution in [2.75, 3.05) is 4.72 Å². The van der Waals surface area contributed by atoms with Gasteiger partial charge in [-0.1, -0.05) is 11.6 Å². The van der Waals surface area contributed by atoms with E-state index in [4.69, 9.17) is 11.6 Å². The smallest absolute Gasteiger partial charge is 0.263 e. The summed E-state index contributed by atoms with van der Waals surface area (Å²) in [5, 5.41) is 10.7. The van der Waals surface area contributed by atoms with Crippen LogP contribution >= 0.6 is 45.5 Å². The van der Waals surface area contributed by atoms with E-state index < -0.39 is 20.6 Å². The largest absolute Gasteiger partial charge is 0.300 e. The monoisotopic (exact) mass is 445 g/mol. The van der Waals surface area contributed by atoms with Gasteiger partial charge in [0.2, 0.25) is 0 Å². The van der Waals surface area contributed by atoms with E-state index in [2.05, 4.69) is 9.71 Å². The second kappa shape index (κ2) is 5.79. The van der Waals surface area contributed by atoms with Crippen LogP contribution in [0.3, 0.4) is 0 Å². The number of rotatable bonds is 4. The minimum Gasteiger partial charge on any atom is -0.263 e. The predicted octanol–water partition coefficient (Wildman–Crippen LogP) is 3.11. The minimum absolute atomic E-state index is 0.123. The number of aromatic nitrogens is 1. The number of nitrogens with one attached hydrogen (secondary N) is 1. The Morgan fingerprint density at radius 3 is 2.65 bits per heavy atom. The van der Waals surface area contributed by atoms with Gasteiger partial charge in [0.05, 0.1) is 4.92 Å². The number of sulfonamides is 1. The molecule has 1 N–H and O–H groups in total. The molecule has 11 heteroatoms. The van der Waals surface area contributed by atoms with Gasteiger partial charge < -0.3 is 0 Å². The van der Waals surface area contributed by atoms with Crippen molar-refractivity contribution in [2.24, 2.45) is 0 Å². The van der Waals surface area contributed by atoms with E-state index in [0.717, 1.165) is 9.64 Å². The minimum atomic E-state index is -3.95. The van der Waals surface area contributed by atoms with E-state index in [1.807, 2.05) is 22.6 Å². The van der Waals surface area contributed by atoms with Crippen molar-refractivity contribution in [3.8, 4) is 0 Å². The van der Waals surface area contributed by atoms with E-state index in [1.165, 1.54) is 12.3 Å². The van der Waals surface area contributed by atoms with Crippen molar-refractivity contribution < 1.29 is 13.3 Å². The zero-order chi connectivity index (χ0) is 14.9. The highest BCUT2D eigenvalue weighted by Crippen LogP contribution is 2.36. The fraction of sp³-hybridized carbons (Fsp3) is 0. The first-order chi connectivity index (χ1) is 9.29. The average Bonchev–Trinajstić information content (AvgIpc) is 2.75. The Kier molecular flexibility index (Phi) is 4.46. The molecular formula is C9H5ClIN3O4S2. The molecule has 2 aromatic rings. The fourth-order valence-corrected chi connectivity index (χ4v) is 4.21. The molecule has 0 amide bonds. The molecule has 0 saturated heterocycles. The van der Waals surface area contributed by atoms with Gasteiger partial charge in [0.15, 0.2) is 4.34 Å². The molecule has 0 aliphatic carbocycles. The maximum atomic E-state index is 12.1. The van der Waals surface area contributed by atoms with Gasteiger partial charge in [-0.25, -0.2) is 13.4 Å². The number of thiophene rings is 1. The maximum absolute atomic E-state index is 12.1.